The first-order chi connectivity index (χ1) is 9.44. The Morgan fingerprint density at radius 2 is 1.60 bits per heavy atom. The van der Waals surface area contributed by atoms with E-state index in [0.717, 1.165) is 18.1 Å². The highest BCUT2D eigenvalue weighted by molar-refractivity contribution is 5.29. The minimum absolute atomic E-state index is 0.0166. The summed E-state index contributed by atoms with van der Waals surface area (Å²) in [5.74, 6) is -1.92. The third-order valence-corrected chi connectivity index (χ3v) is 3.51. The molecule has 0 aliphatic carbocycles. The van der Waals surface area contributed by atoms with E-state index in [1.807, 2.05) is 24.3 Å². The zero-order valence-electron chi connectivity index (χ0n) is 11.7. The van der Waals surface area contributed by atoms with E-state index in [2.05, 4.69) is 6.92 Å². The van der Waals surface area contributed by atoms with Gasteiger partial charge in [-0.15, -0.1) is 0 Å². The van der Waals surface area contributed by atoms with Crippen LogP contribution in [0.4, 0.5) is 8.78 Å². The first kappa shape index (κ1) is 14.7. The van der Waals surface area contributed by atoms with Gasteiger partial charge in [0.2, 0.25) is 0 Å². The summed E-state index contributed by atoms with van der Waals surface area (Å²) < 4.78 is 27.0. The van der Waals surface area contributed by atoms with E-state index in [4.69, 9.17) is 0 Å². The predicted molar refractivity (Wildman–Crippen MR) is 75.5 cm³/mol. The Balaban J connectivity index is 2.27. The molecule has 0 fully saturated rings. The van der Waals surface area contributed by atoms with E-state index >= 15 is 0 Å². The Bertz CT molecular complexity index is 588. The fraction of sp³-hybridized carbons (Fsp3) is 0.294. The molecule has 0 spiro atoms. The van der Waals surface area contributed by atoms with Gasteiger partial charge < -0.3 is 5.11 Å². The highest BCUT2D eigenvalue weighted by atomic mass is 19.2. The van der Waals surface area contributed by atoms with Crippen LogP contribution in [-0.4, -0.2) is 5.11 Å². The number of aryl methyl sites for hydroxylation is 1. The molecule has 0 bridgehead atoms. The zero-order chi connectivity index (χ0) is 14.8. The molecule has 0 aromatic heterocycles. The molecule has 1 nitrogen and oxygen atoms in total. The molecule has 1 unspecified atom stereocenters. The lowest BCUT2D eigenvalue weighted by atomic mass is 9.88. The first-order valence-electron chi connectivity index (χ1n) is 6.68. The summed E-state index contributed by atoms with van der Waals surface area (Å²) in [5, 5.41) is 10.5. The van der Waals surface area contributed by atoms with Gasteiger partial charge in [-0.1, -0.05) is 43.3 Å². The van der Waals surface area contributed by atoms with Crippen LogP contribution in [0, 0.1) is 11.6 Å². The minimum atomic E-state index is -1.44. The zero-order valence-corrected chi connectivity index (χ0v) is 11.7. The van der Waals surface area contributed by atoms with Crippen molar-refractivity contribution in [3.05, 3.63) is 70.8 Å². The van der Waals surface area contributed by atoms with Gasteiger partial charge in [0.1, 0.15) is 0 Å². The van der Waals surface area contributed by atoms with Crippen molar-refractivity contribution >= 4 is 0 Å². The maximum absolute atomic E-state index is 13.8. The van der Waals surface area contributed by atoms with Crippen molar-refractivity contribution in [2.75, 3.05) is 0 Å². The molecule has 2 aromatic rings. The van der Waals surface area contributed by atoms with Crippen molar-refractivity contribution in [3.63, 3.8) is 0 Å². The smallest absolute Gasteiger partial charge is 0.164 e. The Hall–Kier alpha value is -1.74. The van der Waals surface area contributed by atoms with Crippen molar-refractivity contribution in [1.82, 2.24) is 0 Å². The Morgan fingerprint density at radius 3 is 2.20 bits per heavy atom. The molecule has 0 saturated carbocycles. The number of aliphatic hydroxyl groups is 1. The van der Waals surface area contributed by atoms with Crippen LogP contribution in [0.25, 0.3) is 0 Å². The topological polar surface area (TPSA) is 20.2 Å². The monoisotopic (exact) mass is 276 g/mol. The maximum atomic E-state index is 13.8. The lowest BCUT2D eigenvalue weighted by Crippen LogP contribution is -2.26. The van der Waals surface area contributed by atoms with Gasteiger partial charge in [0.05, 0.1) is 5.60 Å². The van der Waals surface area contributed by atoms with Crippen LogP contribution in [0.2, 0.25) is 0 Å². The number of benzene rings is 2. The van der Waals surface area contributed by atoms with Crippen molar-refractivity contribution in [1.29, 1.82) is 0 Å². The van der Waals surface area contributed by atoms with E-state index in [9.17, 15) is 13.9 Å². The van der Waals surface area contributed by atoms with E-state index in [1.54, 1.807) is 0 Å². The van der Waals surface area contributed by atoms with Crippen LogP contribution in [-0.2, 0) is 18.4 Å². The minimum Gasteiger partial charge on any atom is -0.385 e. The Labute approximate surface area is 117 Å². The third kappa shape index (κ3) is 3.05. The van der Waals surface area contributed by atoms with Gasteiger partial charge in [-0.3, -0.25) is 0 Å². The molecule has 0 aliphatic heterocycles. The Kier molecular flexibility index (Phi) is 4.19. The average Bonchev–Trinajstić information content (AvgIpc) is 2.42. The lowest BCUT2D eigenvalue weighted by molar-refractivity contribution is 0.0530. The van der Waals surface area contributed by atoms with E-state index < -0.39 is 17.2 Å². The van der Waals surface area contributed by atoms with E-state index in [-0.39, 0.29) is 12.0 Å². The van der Waals surface area contributed by atoms with Crippen LogP contribution in [0.3, 0.4) is 0 Å². The molecule has 1 N–H and O–H groups in total. The SMILES string of the molecule is CCc1ccc(CC(C)(O)c2cccc(F)c2F)cc1. The summed E-state index contributed by atoms with van der Waals surface area (Å²) in [6.45, 7) is 3.56. The number of rotatable bonds is 4. The standard InChI is InChI=1S/C17H18F2O/c1-3-12-7-9-13(10-8-12)11-17(2,20)14-5-4-6-15(18)16(14)19/h4-10,20H,3,11H2,1-2H3. The summed E-state index contributed by atoms with van der Waals surface area (Å²) in [6, 6.07) is 11.6. The molecule has 3 heteroatoms. The summed E-state index contributed by atoms with van der Waals surface area (Å²) in [4.78, 5) is 0. The lowest BCUT2D eigenvalue weighted by Gasteiger charge is -2.24. The van der Waals surface area contributed by atoms with Gasteiger partial charge in [0.15, 0.2) is 11.6 Å². The third-order valence-electron chi connectivity index (χ3n) is 3.51. The molecule has 0 saturated heterocycles. The van der Waals surface area contributed by atoms with Crippen LogP contribution >= 0.6 is 0 Å². The summed E-state index contributed by atoms with van der Waals surface area (Å²) in [7, 11) is 0. The van der Waals surface area contributed by atoms with Gasteiger partial charge in [0.25, 0.3) is 0 Å². The summed E-state index contributed by atoms with van der Waals surface area (Å²) >= 11 is 0. The van der Waals surface area contributed by atoms with Crippen molar-refractivity contribution in [2.24, 2.45) is 0 Å². The second kappa shape index (κ2) is 5.71. The second-order valence-corrected chi connectivity index (χ2v) is 5.22. The molecule has 2 rings (SSSR count). The van der Waals surface area contributed by atoms with Gasteiger partial charge in [-0.2, -0.15) is 0 Å². The normalized spacial score (nSPS) is 14.1. The van der Waals surface area contributed by atoms with Crippen LogP contribution in [0.1, 0.15) is 30.5 Å². The molecule has 2 aromatic carbocycles. The Morgan fingerprint density at radius 1 is 1.00 bits per heavy atom. The molecular formula is C17H18F2O. The molecule has 0 amide bonds. The second-order valence-electron chi connectivity index (χ2n) is 5.22. The van der Waals surface area contributed by atoms with Crippen LogP contribution < -0.4 is 0 Å². The van der Waals surface area contributed by atoms with Gasteiger partial charge in [0, 0.05) is 12.0 Å². The van der Waals surface area contributed by atoms with Gasteiger partial charge >= 0.3 is 0 Å². The van der Waals surface area contributed by atoms with E-state index in [1.165, 1.54) is 24.6 Å². The molecule has 0 heterocycles. The maximum Gasteiger partial charge on any atom is 0.164 e. The molecule has 0 radical (unpaired) electrons. The predicted octanol–water partition coefficient (Wildman–Crippen LogP) is 3.98. The number of hydrogen-bond acceptors (Lipinski definition) is 1. The highest BCUT2D eigenvalue weighted by Crippen LogP contribution is 2.28. The molecule has 1 atom stereocenters. The molecule has 106 valence electrons. The van der Waals surface area contributed by atoms with Crippen LogP contribution in [0.15, 0.2) is 42.5 Å². The van der Waals surface area contributed by atoms with Crippen molar-refractivity contribution in [3.8, 4) is 0 Å². The largest absolute Gasteiger partial charge is 0.385 e. The van der Waals surface area contributed by atoms with Crippen LogP contribution in [0.5, 0.6) is 0 Å². The fourth-order valence-corrected chi connectivity index (χ4v) is 2.31. The van der Waals surface area contributed by atoms with Crippen molar-refractivity contribution in [2.45, 2.75) is 32.3 Å². The quantitative estimate of drug-likeness (QED) is 0.895. The summed E-state index contributed by atoms with van der Waals surface area (Å²) in [6.07, 6.45) is 1.17. The van der Waals surface area contributed by atoms with Gasteiger partial charge in [-0.25, -0.2) is 8.78 Å². The molecule has 0 aliphatic rings. The summed E-state index contributed by atoms with van der Waals surface area (Å²) in [5.41, 5.74) is 0.623. The number of halogens is 2. The van der Waals surface area contributed by atoms with E-state index in [0.29, 0.717) is 0 Å². The first-order valence-corrected chi connectivity index (χ1v) is 6.68. The average molecular weight is 276 g/mol. The fourth-order valence-electron chi connectivity index (χ4n) is 2.31. The highest BCUT2D eigenvalue weighted by Gasteiger charge is 2.28. The van der Waals surface area contributed by atoms with Gasteiger partial charge in [-0.05, 0) is 30.5 Å². The van der Waals surface area contributed by atoms with Crippen molar-refractivity contribution < 1.29 is 13.9 Å². The molecule has 20 heavy (non-hydrogen) atoms. The number of hydrogen-bond donors (Lipinski definition) is 1. The molecular weight excluding hydrogens is 258 g/mol.